The van der Waals surface area contributed by atoms with Crippen molar-refractivity contribution < 1.29 is 9.15 Å². The highest BCUT2D eigenvalue weighted by atomic mass is 16.5. The molecule has 0 aliphatic heterocycles. The van der Waals surface area contributed by atoms with Crippen LogP contribution in [0.1, 0.15) is 39.0 Å². The first-order valence-corrected chi connectivity index (χ1v) is 6.65. The highest BCUT2D eigenvalue weighted by molar-refractivity contribution is 5.08. The van der Waals surface area contributed by atoms with E-state index in [2.05, 4.69) is 18.7 Å². The van der Waals surface area contributed by atoms with Crippen LogP contribution in [0.5, 0.6) is 0 Å². The minimum Gasteiger partial charge on any atom is -0.468 e. The summed E-state index contributed by atoms with van der Waals surface area (Å²) in [6.07, 6.45) is 2.78. The lowest BCUT2D eigenvalue weighted by Crippen LogP contribution is -2.45. The topological polar surface area (TPSA) is 51.6 Å². The van der Waals surface area contributed by atoms with Crippen molar-refractivity contribution in [3.63, 3.8) is 0 Å². The van der Waals surface area contributed by atoms with E-state index in [1.165, 1.54) is 0 Å². The maximum absolute atomic E-state index is 6.15. The molecule has 1 aromatic heterocycles. The van der Waals surface area contributed by atoms with E-state index in [0.717, 1.165) is 18.7 Å². The van der Waals surface area contributed by atoms with Gasteiger partial charge in [0.15, 0.2) is 0 Å². The van der Waals surface area contributed by atoms with E-state index in [9.17, 15) is 0 Å². The Morgan fingerprint density at radius 3 is 2.61 bits per heavy atom. The molecule has 0 saturated carbocycles. The quantitative estimate of drug-likeness (QED) is 0.774. The Bertz CT molecular complexity index is 312. The molecule has 3 atom stereocenters. The maximum atomic E-state index is 6.15. The smallest absolute Gasteiger partial charge is 0.122 e. The van der Waals surface area contributed by atoms with Gasteiger partial charge >= 0.3 is 0 Å². The summed E-state index contributed by atoms with van der Waals surface area (Å²) in [6.45, 7) is 7.99. The molecule has 1 aromatic rings. The number of nitrogens with zero attached hydrogens (tertiary/aromatic N) is 1. The monoisotopic (exact) mass is 254 g/mol. The minimum atomic E-state index is 0.0157. The molecule has 0 bridgehead atoms. The van der Waals surface area contributed by atoms with Gasteiger partial charge in [-0.2, -0.15) is 0 Å². The van der Waals surface area contributed by atoms with Crippen LogP contribution in [0.25, 0.3) is 0 Å². The summed E-state index contributed by atoms with van der Waals surface area (Å²) in [5.74, 6) is 0.932. The van der Waals surface area contributed by atoms with Gasteiger partial charge in [0.25, 0.3) is 0 Å². The van der Waals surface area contributed by atoms with Gasteiger partial charge in [0, 0.05) is 25.7 Å². The highest BCUT2D eigenvalue weighted by Crippen LogP contribution is 2.26. The zero-order valence-corrected chi connectivity index (χ0v) is 11.9. The molecule has 0 fully saturated rings. The van der Waals surface area contributed by atoms with Gasteiger partial charge in [0.1, 0.15) is 5.76 Å². The summed E-state index contributed by atoms with van der Waals surface area (Å²) in [4.78, 5) is 2.37. The first-order chi connectivity index (χ1) is 8.61. The number of hydrogen-bond acceptors (Lipinski definition) is 4. The van der Waals surface area contributed by atoms with Crippen LogP contribution in [0, 0.1) is 0 Å². The lowest BCUT2D eigenvalue weighted by atomic mass is 10.0. The zero-order chi connectivity index (χ0) is 13.5. The zero-order valence-electron chi connectivity index (χ0n) is 11.9. The molecule has 1 rings (SSSR count). The van der Waals surface area contributed by atoms with Crippen LogP contribution in [0.2, 0.25) is 0 Å². The van der Waals surface area contributed by atoms with Crippen LogP contribution in [-0.4, -0.2) is 37.2 Å². The van der Waals surface area contributed by atoms with Gasteiger partial charge in [-0.05, 0) is 32.4 Å². The van der Waals surface area contributed by atoms with Gasteiger partial charge in [-0.25, -0.2) is 0 Å². The standard InChI is InChI=1S/C14H26N2O2/c1-5-11(2)16(8-10-17-4)14(12(3)15)13-7-6-9-18-13/h6-7,9,11-12,14H,5,8,10,15H2,1-4H3. The summed E-state index contributed by atoms with van der Waals surface area (Å²) in [6, 6.07) is 4.47. The predicted molar refractivity (Wildman–Crippen MR) is 73.4 cm³/mol. The third-order valence-corrected chi connectivity index (χ3v) is 3.40. The Labute approximate surface area is 110 Å². The minimum absolute atomic E-state index is 0.0157. The fourth-order valence-electron chi connectivity index (χ4n) is 2.25. The second-order valence-electron chi connectivity index (χ2n) is 4.81. The first-order valence-electron chi connectivity index (χ1n) is 6.65. The number of methoxy groups -OCH3 is 1. The molecule has 4 nitrogen and oxygen atoms in total. The van der Waals surface area contributed by atoms with Crippen LogP contribution in [0.3, 0.4) is 0 Å². The molecule has 104 valence electrons. The molecule has 0 spiro atoms. The SMILES string of the molecule is CCC(C)N(CCOC)C(c1ccco1)C(C)N. The molecule has 0 aromatic carbocycles. The van der Waals surface area contributed by atoms with Crippen molar-refractivity contribution in [2.45, 2.75) is 45.3 Å². The summed E-state index contributed by atoms with van der Waals surface area (Å²) < 4.78 is 10.8. The van der Waals surface area contributed by atoms with E-state index < -0.39 is 0 Å². The largest absolute Gasteiger partial charge is 0.468 e. The molecule has 0 amide bonds. The summed E-state index contributed by atoms with van der Waals surface area (Å²) in [5.41, 5.74) is 6.15. The van der Waals surface area contributed by atoms with Gasteiger partial charge in [-0.15, -0.1) is 0 Å². The van der Waals surface area contributed by atoms with Gasteiger partial charge < -0.3 is 14.9 Å². The second kappa shape index (κ2) is 7.56. The van der Waals surface area contributed by atoms with Gasteiger partial charge in [0.2, 0.25) is 0 Å². The van der Waals surface area contributed by atoms with E-state index in [0.29, 0.717) is 12.6 Å². The maximum Gasteiger partial charge on any atom is 0.122 e. The molecule has 18 heavy (non-hydrogen) atoms. The van der Waals surface area contributed by atoms with Crippen LogP contribution < -0.4 is 5.73 Å². The lowest BCUT2D eigenvalue weighted by Gasteiger charge is -2.37. The first kappa shape index (κ1) is 15.2. The fourth-order valence-corrected chi connectivity index (χ4v) is 2.25. The summed E-state index contributed by atoms with van der Waals surface area (Å²) in [5, 5.41) is 0. The van der Waals surface area contributed by atoms with Crippen molar-refractivity contribution in [2.75, 3.05) is 20.3 Å². The normalized spacial score (nSPS) is 16.8. The molecule has 4 heteroatoms. The van der Waals surface area contributed by atoms with Crippen molar-refractivity contribution in [2.24, 2.45) is 5.73 Å². The van der Waals surface area contributed by atoms with Crippen LogP contribution >= 0.6 is 0 Å². The van der Waals surface area contributed by atoms with E-state index in [1.807, 2.05) is 19.1 Å². The molecular formula is C14H26N2O2. The van der Waals surface area contributed by atoms with E-state index in [4.69, 9.17) is 14.9 Å². The van der Waals surface area contributed by atoms with Crippen molar-refractivity contribution in [1.82, 2.24) is 4.90 Å². The number of furan rings is 1. The average molecular weight is 254 g/mol. The number of ether oxygens (including phenoxy) is 1. The number of nitrogens with two attached hydrogens (primary N) is 1. The van der Waals surface area contributed by atoms with Gasteiger partial charge in [-0.3, -0.25) is 4.90 Å². The molecule has 0 saturated heterocycles. The van der Waals surface area contributed by atoms with Crippen molar-refractivity contribution in [3.8, 4) is 0 Å². The fraction of sp³-hybridized carbons (Fsp3) is 0.714. The summed E-state index contributed by atoms with van der Waals surface area (Å²) >= 11 is 0. The van der Waals surface area contributed by atoms with E-state index >= 15 is 0 Å². The second-order valence-corrected chi connectivity index (χ2v) is 4.81. The Morgan fingerprint density at radius 2 is 2.17 bits per heavy atom. The third kappa shape index (κ3) is 3.83. The number of hydrogen-bond donors (Lipinski definition) is 1. The molecular weight excluding hydrogens is 228 g/mol. The Morgan fingerprint density at radius 1 is 1.44 bits per heavy atom. The van der Waals surface area contributed by atoms with Crippen LogP contribution in [-0.2, 0) is 4.74 Å². The van der Waals surface area contributed by atoms with Gasteiger partial charge in [-0.1, -0.05) is 6.92 Å². The average Bonchev–Trinajstić information content (AvgIpc) is 2.86. The van der Waals surface area contributed by atoms with Crippen LogP contribution in [0.15, 0.2) is 22.8 Å². The molecule has 0 aliphatic carbocycles. The Kier molecular flexibility index (Phi) is 6.39. The summed E-state index contributed by atoms with van der Waals surface area (Å²) in [7, 11) is 1.72. The molecule has 3 unspecified atom stereocenters. The van der Waals surface area contributed by atoms with Crippen molar-refractivity contribution in [1.29, 1.82) is 0 Å². The molecule has 1 heterocycles. The van der Waals surface area contributed by atoms with Crippen LogP contribution in [0.4, 0.5) is 0 Å². The Hall–Kier alpha value is -0.840. The Balaban J connectivity index is 2.90. The predicted octanol–water partition coefficient (Wildman–Crippen LogP) is 2.41. The van der Waals surface area contributed by atoms with E-state index in [1.54, 1.807) is 13.4 Å². The molecule has 0 radical (unpaired) electrons. The van der Waals surface area contributed by atoms with E-state index in [-0.39, 0.29) is 12.1 Å². The highest BCUT2D eigenvalue weighted by Gasteiger charge is 2.28. The van der Waals surface area contributed by atoms with Gasteiger partial charge in [0.05, 0.1) is 18.9 Å². The molecule has 0 aliphatic rings. The van der Waals surface area contributed by atoms with Crippen molar-refractivity contribution >= 4 is 0 Å². The lowest BCUT2D eigenvalue weighted by molar-refractivity contribution is 0.0690. The number of rotatable bonds is 8. The third-order valence-electron chi connectivity index (χ3n) is 3.40. The van der Waals surface area contributed by atoms with Crippen molar-refractivity contribution in [3.05, 3.63) is 24.2 Å². The molecule has 2 N–H and O–H groups in total.